The van der Waals surface area contributed by atoms with Gasteiger partial charge >= 0.3 is 0 Å². The van der Waals surface area contributed by atoms with Crippen LogP contribution in [0.1, 0.15) is 25.8 Å². The lowest BCUT2D eigenvalue weighted by molar-refractivity contribution is -0.122. The highest BCUT2D eigenvalue weighted by Crippen LogP contribution is 2.18. The second kappa shape index (κ2) is 7.23. The zero-order valence-corrected chi connectivity index (χ0v) is 12.8. The SMILES string of the molecule is CC(C)C[C@H](N)C(=O)NCCc1cccc2ccccc12. The average molecular weight is 284 g/mol. The molecule has 0 saturated carbocycles. The van der Waals surface area contributed by atoms with Crippen molar-refractivity contribution in [3.05, 3.63) is 48.0 Å². The second-order valence-electron chi connectivity index (χ2n) is 5.92. The van der Waals surface area contributed by atoms with Crippen LogP contribution >= 0.6 is 0 Å². The van der Waals surface area contributed by atoms with Crippen molar-refractivity contribution in [2.75, 3.05) is 6.54 Å². The van der Waals surface area contributed by atoms with Crippen LogP contribution in [0.5, 0.6) is 0 Å². The molecule has 0 aliphatic rings. The number of fused-ring (bicyclic) bond motifs is 1. The van der Waals surface area contributed by atoms with Crippen LogP contribution in [0, 0.1) is 5.92 Å². The Balaban J connectivity index is 1.92. The van der Waals surface area contributed by atoms with Crippen molar-refractivity contribution < 1.29 is 4.79 Å². The molecule has 0 aliphatic carbocycles. The molecular weight excluding hydrogens is 260 g/mol. The normalized spacial score (nSPS) is 12.6. The number of hydrogen-bond donors (Lipinski definition) is 2. The minimum atomic E-state index is -0.405. The molecule has 0 spiro atoms. The Kier molecular flexibility index (Phi) is 5.34. The summed E-state index contributed by atoms with van der Waals surface area (Å²) in [6, 6.07) is 14.2. The fraction of sp³-hybridized carbons (Fsp3) is 0.389. The van der Waals surface area contributed by atoms with Gasteiger partial charge in [-0.2, -0.15) is 0 Å². The van der Waals surface area contributed by atoms with Crippen LogP contribution in [0.2, 0.25) is 0 Å². The van der Waals surface area contributed by atoms with E-state index in [1.54, 1.807) is 0 Å². The highest BCUT2D eigenvalue weighted by Gasteiger charge is 2.14. The molecule has 0 aliphatic heterocycles. The van der Waals surface area contributed by atoms with Crippen LogP contribution in [0.3, 0.4) is 0 Å². The van der Waals surface area contributed by atoms with E-state index >= 15 is 0 Å². The molecule has 21 heavy (non-hydrogen) atoms. The fourth-order valence-corrected chi connectivity index (χ4v) is 2.58. The Morgan fingerprint density at radius 3 is 2.62 bits per heavy atom. The quantitative estimate of drug-likeness (QED) is 0.857. The van der Waals surface area contributed by atoms with Crippen molar-refractivity contribution in [2.24, 2.45) is 11.7 Å². The molecule has 112 valence electrons. The lowest BCUT2D eigenvalue weighted by Gasteiger charge is -2.14. The highest BCUT2D eigenvalue weighted by atomic mass is 16.2. The van der Waals surface area contributed by atoms with Crippen LogP contribution < -0.4 is 11.1 Å². The smallest absolute Gasteiger partial charge is 0.236 e. The van der Waals surface area contributed by atoms with Crippen LogP contribution in [0.4, 0.5) is 0 Å². The molecular formula is C18H24N2O. The van der Waals surface area contributed by atoms with Crippen molar-refractivity contribution in [2.45, 2.75) is 32.7 Å². The van der Waals surface area contributed by atoms with E-state index in [1.807, 2.05) is 12.1 Å². The van der Waals surface area contributed by atoms with Gasteiger partial charge in [0.1, 0.15) is 0 Å². The van der Waals surface area contributed by atoms with Crippen LogP contribution in [-0.2, 0) is 11.2 Å². The zero-order valence-electron chi connectivity index (χ0n) is 12.8. The third-order valence-electron chi connectivity index (χ3n) is 3.64. The molecule has 0 saturated heterocycles. The van der Waals surface area contributed by atoms with E-state index in [1.165, 1.54) is 16.3 Å². The van der Waals surface area contributed by atoms with Gasteiger partial charge in [0.2, 0.25) is 5.91 Å². The third-order valence-corrected chi connectivity index (χ3v) is 3.64. The summed E-state index contributed by atoms with van der Waals surface area (Å²) in [6.45, 7) is 4.77. The molecule has 3 N–H and O–H groups in total. The van der Waals surface area contributed by atoms with Gasteiger partial charge < -0.3 is 11.1 Å². The first kappa shape index (κ1) is 15.5. The molecule has 2 rings (SSSR count). The molecule has 0 heterocycles. The summed E-state index contributed by atoms with van der Waals surface area (Å²) >= 11 is 0. The summed E-state index contributed by atoms with van der Waals surface area (Å²) in [5.41, 5.74) is 7.13. The van der Waals surface area contributed by atoms with E-state index < -0.39 is 6.04 Å². The molecule has 0 radical (unpaired) electrons. The Bertz CT molecular complexity index is 602. The van der Waals surface area contributed by atoms with Gasteiger partial charge in [-0.1, -0.05) is 56.3 Å². The lowest BCUT2D eigenvalue weighted by atomic mass is 10.0. The fourth-order valence-electron chi connectivity index (χ4n) is 2.58. The van der Waals surface area contributed by atoms with Gasteiger partial charge in [0.05, 0.1) is 6.04 Å². The van der Waals surface area contributed by atoms with Crippen molar-refractivity contribution >= 4 is 16.7 Å². The van der Waals surface area contributed by atoms with E-state index in [-0.39, 0.29) is 5.91 Å². The van der Waals surface area contributed by atoms with Gasteiger partial charge in [-0.25, -0.2) is 0 Å². The summed E-state index contributed by atoms with van der Waals surface area (Å²) in [7, 11) is 0. The summed E-state index contributed by atoms with van der Waals surface area (Å²) in [5, 5.41) is 5.42. The number of rotatable bonds is 6. The maximum absolute atomic E-state index is 11.9. The van der Waals surface area contributed by atoms with Crippen molar-refractivity contribution in [3.8, 4) is 0 Å². The van der Waals surface area contributed by atoms with Gasteiger partial charge in [0.25, 0.3) is 0 Å². The first-order valence-electron chi connectivity index (χ1n) is 7.58. The standard InChI is InChI=1S/C18H24N2O/c1-13(2)12-17(19)18(21)20-11-10-15-8-5-7-14-6-3-4-9-16(14)15/h3-9,13,17H,10-12,19H2,1-2H3,(H,20,21)/t17-/m0/s1. The molecule has 1 atom stereocenters. The van der Waals surface area contributed by atoms with E-state index in [0.29, 0.717) is 12.5 Å². The molecule has 0 bridgehead atoms. The predicted octanol–water partition coefficient (Wildman–Crippen LogP) is 2.87. The van der Waals surface area contributed by atoms with Crippen LogP contribution in [0.15, 0.2) is 42.5 Å². The molecule has 2 aromatic rings. The third kappa shape index (κ3) is 4.30. The topological polar surface area (TPSA) is 55.1 Å². The van der Waals surface area contributed by atoms with Gasteiger partial charge in [-0.05, 0) is 35.1 Å². The molecule has 3 nitrogen and oxygen atoms in total. The molecule has 0 unspecified atom stereocenters. The maximum atomic E-state index is 11.9. The largest absolute Gasteiger partial charge is 0.354 e. The highest BCUT2D eigenvalue weighted by molar-refractivity contribution is 5.86. The maximum Gasteiger partial charge on any atom is 0.236 e. The summed E-state index contributed by atoms with van der Waals surface area (Å²) < 4.78 is 0. The number of carbonyl (C=O) groups is 1. The van der Waals surface area contributed by atoms with E-state index in [0.717, 1.165) is 12.8 Å². The molecule has 1 amide bonds. The first-order chi connectivity index (χ1) is 10.1. The van der Waals surface area contributed by atoms with E-state index in [4.69, 9.17) is 5.73 Å². The number of nitrogens with two attached hydrogens (primary N) is 1. The number of benzene rings is 2. The lowest BCUT2D eigenvalue weighted by Crippen LogP contribution is -2.42. The summed E-state index contributed by atoms with van der Waals surface area (Å²) in [6.07, 6.45) is 1.54. The van der Waals surface area contributed by atoms with Crippen molar-refractivity contribution in [3.63, 3.8) is 0 Å². The Morgan fingerprint density at radius 2 is 1.86 bits per heavy atom. The minimum Gasteiger partial charge on any atom is -0.354 e. The molecule has 0 fully saturated rings. The Hall–Kier alpha value is -1.87. The first-order valence-corrected chi connectivity index (χ1v) is 7.58. The molecule has 2 aromatic carbocycles. The Labute approximate surface area is 126 Å². The van der Waals surface area contributed by atoms with Gasteiger partial charge in [0, 0.05) is 6.54 Å². The van der Waals surface area contributed by atoms with Gasteiger partial charge in [-0.3, -0.25) is 4.79 Å². The number of nitrogens with one attached hydrogen (secondary N) is 1. The predicted molar refractivity (Wildman–Crippen MR) is 88.1 cm³/mol. The monoisotopic (exact) mass is 284 g/mol. The van der Waals surface area contributed by atoms with Crippen molar-refractivity contribution in [1.82, 2.24) is 5.32 Å². The van der Waals surface area contributed by atoms with Crippen LogP contribution in [-0.4, -0.2) is 18.5 Å². The van der Waals surface area contributed by atoms with E-state index in [2.05, 4.69) is 49.5 Å². The number of amides is 1. The van der Waals surface area contributed by atoms with Crippen LogP contribution in [0.25, 0.3) is 10.8 Å². The molecule has 3 heteroatoms. The van der Waals surface area contributed by atoms with Crippen molar-refractivity contribution in [1.29, 1.82) is 0 Å². The zero-order chi connectivity index (χ0) is 15.2. The number of hydrogen-bond acceptors (Lipinski definition) is 2. The number of carbonyl (C=O) groups excluding carboxylic acids is 1. The minimum absolute atomic E-state index is 0.0519. The Morgan fingerprint density at radius 1 is 1.14 bits per heavy atom. The van der Waals surface area contributed by atoms with Gasteiger partial charge in [0.15, 0.2) is 0 Å². The van der Waals surface area contributed by atoms with Gasteiger partial charge in [-0.15, -0.1) is 0 Å². The second-order valence-corrected chi connectivity index (χ2v) is 5.92. The average Bonchev–Trinajstić information content (AvgIpc) is 2.46. The summed E-state index contributed by atoms with van der Waals surface area (Å²) in [4.78, 5) is 11.9. The molecule has 0 aromatic heterocycles. The summed E-state index contributed by atoms with van der Waals surface area (Å²) in [5.74, 6) is 0.382. The van der Waals surface area contributed by atoms with E-state index in [9.17, 15) is 4.79 Å².